The number of allylic oxidation sites excluding steroid dienone is 1. The summed E-state index contributed by atoms with van der Waals surface area (Å²) in [6.07, 6.45) is 9.94. The third kappa shape index (κ3) is 8.78. The Bertz CT molecular complexity index is 1430. The molecule has 216 valence electrons. The van der Waals surface area contributed by atoms with Crippen LogP contribution in [-0.2, 0) is 22.4 Å². The zero-order valence-electron chi connectivity index (χ0n) is 24.7. The number of hydrogen-bond acceptors (Lipinski definition) is 4. The lowest BCUT2D eigenvalue weighted by Gasteiger charge is -2.19. The predicted octanol–water partition coefficient (Wildman–Crippen LogP) is 7.83. The van der Waals surface area contributed by atoms with Crippen molar-refractivity contribution in [2.75, 3.05) is 0 Å². The van der Waals surface area contributed by atoms with Crippen molar-refractivity contribution in [3.8, 4) is 0 Å². The van der Waals surface area contributed by atoms with E-state index < -0.39 is 11.7 Å². The number of rotatable bonds is 3. The van der Waals surface area contributed by atoms with Crippen LogP contribution in [0.5, 0.6) is 0 Å². The van der Waals surface area contributed by atoms with Crippen LogP contribution in [0.4, 0.5) is 4.79 Å². The molecule has 0 heterocycles. The molecule has 0 fully saturated rings. The van der Waals surface area contributed by atoms with E-state index in [0.717, 1.165) is 43.2 Å². The Morgan fingerprint density at radius 1 is 0.976 bits per heavy atom. The van der Waals surface area contributed by atoms with E-state index >= 15 is 0 Å². The van der Waals surface area contributed by atoms with Crippen molar-refractivity contribution in [2.45, 2.75) is 90.6 Å². The summed E-state index contributed by atoms with van der Waals surface area (Å²) in [6.45, 7) is 7.38. The summed E-state index contributed by atoms with van der Waals surface area (Å²) in [4.78, 5) is 38.2. The molecule has 1 aliphatic rings. The van der Waals surface area contributed by atoms with E-state index in [0.29, 0.717) is 18.4 Å². The van der Waals surface area contributed by atoms with Crippen molar-refractivity contribution < 1.29 is 19.1 Å². The van der Waals surface area contributed by atoms with Gasteiger partial charge in [-0.05, 0) is 104 Å². The number of ether oxygens (including phenoxy) is 1. The molecule has 41 heavy (non-hydrogen) atoms. The molecule has 6 nitrogen and oxygen atoms in total. The highest BCUT2D eigenvalue weighted by atomic mass is 16.6. The molecule has 0 saturated heterocycles. The maximum absolute atomic E-state index is 13.8. The van der Waals surface area contributed by atoms with Crippen molar-refractivity contribution >= 4 is 34.6 Å². The van der Waals surface area contributed by atoms with Crippen LogP contribution in [0.15, 0.2) is 60.7 Å². The Morgan fingerprint density at radius 2 is 1.78 bits per heavy atom. The normalized spacial score (nSPS) is 17.1. The van der Waals surface area contributed by atoms with Gasteiger partial charge in [-0.1, -0.05) is 68.0 Å². The van der Waals surface area contributed by atoms with E-state index in [-0.39, 0.29) is 24.0 Å². The van der Waals surface area contributed by atoms with Crippen LogP contribution in [0.3, 0.4) is 0 Å². The second-order valence-electron chi connectivity index (χ2n) is 12.0. The number of amides is 2. The number of Topliss-reactive ketones (excluding diaryl/α,β-unsaturated/α-hetero) is 1. The molecule has 2 N–H and O–H groups in total. The van der Waals surface area contributed by atoms with E-state index in [2.05, 4.69) is 66.3 Å². The van der Waals surface area contributed by atoms with Crippen LogP contribution in [0.1, 0.15) is 105 Å². The molecule has 0 spiro atoms. The lowest BCUT2D eigenvalue weighted by atomic mass is 9.86. The highest BCUT2D eigenvalue weighted by Gasteiger charge is 2.20. The second kappa shape index (κ2) is 13.6. The van der Waals surface area contributed by atoms with Gasteiger partial charge in [0.1, 0.15) is 5.60 Å². The molecular weight excluding hydrogens is 512 g/mol. The van der Waals surface area contributed by atoms with E-state index in [1.165, 1.54) is 21.9 Å². The Hall–Kier alpha value is -3.93. The minimum atomic E-state index is -0.716. The number of aryl methyl sites for hydroxylation is 2. The van der Waals surface area contributed by atoms with Gasteiger partial charge in [-0.2, -0.15) is 0 Å². The number of hydrazine groups is 1. The molecule has 6 heteroatoms. The predicted molar refractivity (Wildman–Crippen MR) is 165 cm³/mol. The maximum Gasteiger partial charge on any atom is 0.426 e. The van der Waals surface area contributed by atoms with Crippen LogP contribution in [-0.4, -0.2) is 23.4 Å². The molecule has 0 radical (unpaired) electrons. The number of carbonyl (C=O) groups is 3. The summed E-state index contributed by atoms with van der Waals surface area (Å²) >= 11 is 0. The molecule has 3 aromatic rings. The van der Waals surface area contributed by atoms with Gasteiger partial charge in [0, 0.05) is 18.4 Å². The van der Waals surface area contributed by atoms with E-state index in [4.69, 9.17) is 4.74 Å². The lowest BCUT2D eigenvalue weighted by Crippen LogP contribution is -2.44. The third-order valence-corrected chi connectivity index (χ3v) is 7.38. The molecule has 0 saturated carbocycles. The summed E-state index contributed by atoms with van der Waals surface area (Å²) in [5.74, 6) is -0.247. The van der Waals surface area contributed by atoms with Gasteiger partial charge < -0.3 is 4.74 Å². The van der Waals surface area contributed by atoms with E-state index in [1.807, 2.05) is 18.2 Å². The van der Waals surface area contributed by atoms with Gasteiger partial charge in [0.25, 0.3) is 0 Å². The molecule has 1 aliphatic carbocycles. The number of benzene rings is 3. The van der Waals surface area contributed by atoms with Crippen molar-refractivity contribution in [1.29, 1.82) is 0 Å². The molecule has 0 aliphatic heterocycles. The third-order valence-electron chi connectivity index (χ3n) is 7.38. The van der Waals surface area contributed by atoms with Crippen LogP contribution in [0.25, 0.3) is 16.8 Å². The first-order valence-electron chi connectivity index (χ1n) is 14.7. The number of ketones is 1. The van der Waals surface area contributed by atoms with Gasteiger partial charge in [0.2, 0.25) is 5.91 Å². The van der Waals surface area contributed by atoms with Gasteiger partial charge in [-0.3, -0.25) is 15.0 Å². The van der Waals surface area contributed by atoms with Gasteiger partial charge >= 0.3 is 6.09 Å². The molecule has 4 bridgehead atoms. The first-order chi connectivity index (χ1) is 19.6. The number of hydrogen-bond donors (Lipinski definition) is 2. The highest BCUT2D eigenvalue weighted by Crippen LogP contribution is 2.32. The fourth-order valence-electron chi connectivity index (χ4n) is 5.35. The Labute approximate surface area is 243 Å². The molecule has 4 rings (SSSR count). The molecule has 1 unspecified atom stereocenters. The summed E-state index contributed by atoms with van der Waals surface area (Å²) in [5.41, 5.74) is 9.06. The zero-order chi connectivity index (χ0) is 29.4. The van der Waals surface area contributed by atoms with Gasteiger partial charge in [-0.25, -0.2) is 10.2 Å². The topological polar surface area (TPSA) is 84.5 Å². The molecular formula is C35H42N2O4. The van der Waals surface area contributed by atoms with Gasteiger partial charge in [-0.15, -0.1) is 0 Å². The van der Waals surface area contributed by atoms with E-state index in [9.17, 15) is 14.4 Å². The average Bonchev–Trinajstić information content (AvgIpc) is 2.92. The molecule has 2 amide bonds. The fourth-order valence-corrected chi connectivity index (χ4v) is 5.35. The van der Waals surface area contributed by atoms with Crippen molar-refractivity contribution in [1.82, 2.24) is 10.9 Å². The monoisotopic (exact) mass is 554 g/mol. The first-order valence-corrected chi connectivity index (χ1v) is 14.7. The largest absolute Gasteiger partial charge is 0.443 e. The number of fused-ring (bicyclic) bond motifs is 6. The van der Waals surface area contributed by atoms with Crippen LogP contribution >= 0.6 is 0 Å². The Morgan fingerprint density at radius 3 is 2.59 bits per heavy atom. The standard InChI is InChI=1S/C35H42N2O4/c1-24-20-32(38)31-22-25(16-17-27(31)18-19-33(39)36-37-34(40)41-35(2,3)4)12-8-6-5-7-9-13-26-21-28-14-10-11-15-29(28)30(24)23-26/h9-11,13-17,21-24H,5-8,12,18-20H2,1-4H3,(H,36,39)(H,37,40)/b13-9-. The summed E-state index contributed by atoms with van der Waals surface area (Å²) in [6, 6.07) is 18.9. The summed E-state index contributed by atoms with van der Waals surface area (Å²) in [5, 5.41) is 2.35. The number of carbonyl (C=O) groups excluding carboxylic acids is 3. The van der Waals surface area contributed by atoms with Crippen LogP contribution in [0, 0.1) is 0 Å². The lowest BCUT2D eigenvalue weighted by molar-refractivity contribution is -0.122. The molecule has 3 aromatic carbocycles. The van der Waals surface area contributed by atoms with Crippen LogP contribution in [0.2, 0.25) is 0 Å². The van der Waals surface area contributed by atoms with Crippen LogP contribution < -0.4 is 10.9 Å². The quantitative estimate of drug-likeness (QED) is 0.323. The summed E-state index contributed by atoms with van der Waals surface area (Å²) < 4.78 is 5.16. The SMILES string of the molecule is CC1CC(=O)c2cc(ccc2CCC(=O)NNC(=O)OC(C)(C)C)CCCCC/C=C\c2cc1c1ccccc1c2. The zero-order valence-corrected chi connectivity index (χ0v) is 24.7. The highest BCUT2D eigenvalue weighted by molar-refractivity contribution is 5.99. The smallest absolute Gasteiger partial charge is 0.426 e. The van der Waals surface area contributed by atoms with Gasteiger partial charge in [0.05, 0.1) is 0 Å². The first kappa shape index (κ1) is 30.0. The number of nitrogens with one attached hydrogen (secondary N) is 2. The maximum atomic E-state index is 13.8. The minimum absolute atomic E-state index is 0.0199. The van der Waals surface area contributed by atoms with E-state index in [1.54, 1.807) is 20.8 Å². The van der Waals surface area contributed by atoms with Gasteiger partial charge in [0.15, 0.2) is 5.78 Å². The summed E-state index contributed by atoms with van der Waals surface area (Å²) in [7, 11) is 0. The molecule has 1 atom stereocenters. The minimum Gasteiger partial charge on any atom is -0.443 e. The van der Waals surface area contributed by atoms with Crippen molar-refractivity contribution in [3.63, 3.8) is 0 Å². The molecule has 0 aromatic heterocycles. The van der Waals surface area contributed by atoms with Crippen molar-refractivity contribution in [3.05, 3.63) is 88.5 Å². The van der Waals surface area contributed by atoms with Crippen molar-refractivity contribution in [2.24, 2.45) is 0 Å². The fraction of sp³-hybridized carbons (Fsp3) is 0.400. The Kier molecular flexibility index (Phi) is 9.98. The Balaban J connectivity index is 1.55. The second-order valence-corrected chi connectivity index (χ2v) is 12.0. The average molecular weight is 555 g/mol.